The first kappa shape index (κ1) is 8.40. The molecule has 0 unspecified atom stereocenters. The average molecular weight is 206 g/mol. The summed E-state index contributed by atoms with van der Waals surface area (Å²) in [6.07, 6.45) is 2.06. The van der Waals surface area contributed by atoms with Gasteiger partial charge in [-0.15, -0.1) is 0 Å². The molecule has 0 fully saturated rings. The van der Waals surface area contributed by atoms with Crippen LogP contribution in [-0.4, -0.2) is 23.6 Å². The van der Waals surface area contributed by atoms with Crippen molar-refractivity contribution in [3.05, 3.63) is 34.7 Å². The molecule has 0 saturated carbocycles. The Bertz CT molecular complexity index is 238. The fraction of sp³-hybridized carbons (Fsp3) is 0.111. The van der Waals surface area contributed by atoms with Gasteiger partial charge in [0.1, 0.15) is 0 Å². The van der Waals surface area contributed by atoms with E-state index in [0.717, 1.165) is 5.75 Å². The van der Waals surface area contributed by atoms with Crippen LogP contribution in [0.4, 0.5) is 0 Å². The Kier molecular flexibility index (Phi) is 3.24. The van der Waals surface area contributed by atoms with E-state index < -0.39 is 0 Å². The molecule has 0 atom stereocenters. The van der Waals surface area contributed by atoms with Gasteiger partial charge in [0.2, 0.25) is 0 Å². The third-order valence-corrected chi connectivity index (χ3v) is 1.74. The number of methoxy groups -OCH3 is 1. The number of hydrogen-bond donors (Lipinski definition) is 0. The number of hydrogen-bond acceptors (Lipinski definition) is 1. The Balaban J connectivity index is 2.82. The van der Waals surface area contributed by atoms with Gasteiger partial charge in [-0.25, -0.2) is 0 Å². The van der Waals surface area contributed by atoms with Crippen molar-refractivity contribution in [1.29, 1.82) is 0 Å². The van der Waals surface area contributed by atoms with Crippen LogP contribution < -0.4 is 4.74 Å². The van der Waals surface area contributed by atoms with Gasteiger partial charge in [-0.1, -0.05) is 0 Å². The van der Waals surface area contributed by atoms with Crippen LogP contribution in [0.5, 0.6) is 5.75 Å². The maximum atomic E-state index is 5.02. The van der Waals surface area contributed by atoms with Crippen molar-refractivity contribution in [3.8, 4) is 5.75 Å². The van der Waals surface area contributed by atoms with Crippen LogP contribution in [-0.2, 0) is 0 Å². The fourth-order valence-electron chi connectivity index (χ4n) is 0.811. The minimum atomic E-state index is 0.901. The second-order valence-corrected chi connectivity index (χ2v) is 2.81. The molecule has 0 N–H and O–H groups in total. The van der Waals surface area contributed by atoms with Gasteiger partial charge in [-0.2, -0.15) is 0 Å². The number of rotatable bonds is 2. The summed E-state index contributed by atoms with van der Waals surface area (Å²) in [6, 6.07) is 7.96. The first-order chi connectivity index (χ1) is 5.36. The van der Waals surface area contributed by atoms with Crippen LogP contribution in [0.3, 0.4) is 0 Å². The number of ether oxygens (including phenoxy) is 1. The molecule has 0 heterocycles. The Morgan fingerprint density at radius 2 is 1.91 bits per heavy atom. The standard InChI is InChI=1S/C9H9GeO/c1-11-9-4-2-8(3-5-9)6-7-10/h2-7H,1H3. The second-order valence-electron chi connectivity index (χ2n) is 2.11. The molecule has 0 aromatic heterocycles. The van der Waals surface area contributed by atoms with E-state index in [4.69, 9.17) is 4.74 Å². The van der Waals surface area contributed by atoms with Crippen molar-refractivity contribution in [2.45, 2.75) is 0 Å². The average Bonchev–Trinajstić information content (AvgIpc) is 2.07. The first-order valence-electron chi connectivity index (χ1n) is 3.34. The van der Waals surface area contributed by atoms with Gasteiger partial charge in [0.25, 0.3) is 0 Å². The molecule has 0 amide bonds. The van der Waals surface area contributed by atoms with Gasteiger partial charge < -0.3 is 0 Å². The van der Waals surface area contributed by atoms with Gasteiger partial charge in [-0.05, 0) is 0 Å². The monoisotopic (exact) mass is 207 g/mol. The molecular weight excluding hydrogens is 197 g/mol. The molecule has 0 aliphatic heterocycles. The Morgan fingerprint density at radius 3 is 2.36 bits per heavy atom. The molecule has 0 aliphatic carbocycles. The molecule has 1 aromatic rings. The molecule has 0 spiro atoms. The van der Waals surface area contributed by atoms with Gasteiger partial charge in [0, 0.05) is 0 Å². The molecule has 11 heavy (non-hydrogen) atoms. The maximum absolute atomic E-state index is 5.02. The quantitative estimate of drug-likeness (QED) is 0.670. The summed E-state index contributed by atoms with van der Waals surface area (Å²) in [5.74, 6) is 0.901. The third kappa shape index (κ3) is 2.43. The van der Waals surface area contributed by atoms with E-state index in [9.17, 15) is 0 Å². The second kappa shape index (κ2) is 4.24. The summed E-state index contributed by atoms with van der Waals surface area (Å²) in [5, 5.41) is 0. The normalized spacial score (nSPS) is 10.4. The zero-order valence-corrected chi connectivity index (χ0v) is 8.47. The third-order valence-electron chi connectivity index (χ3n) is 1.39. The van der Waals surface area contributed by atoms with Crippen LogP contribution in [0.2, 0.25) is 0 Å². The molecule has 2 heteroatoms. The molecule has 1 aromatic carbocycles. The van der Waals surface area contributed by atoms with Crippen LogP contribution in [0.25, 0.3) is 6.08 Å². The topological polar surface area (TPSA) is 9.23 Å². The van der Waals surface area contributed by atoms with Crippen LogP contribution in [0, 0.1) is 0 Å². The van der Waals surface area contributed by atoms with Crippen molar-refractivity contribution >= 4 is 22.6 Å². The molecule has 0 bridgehead atoms. The summed E-state index contributed by atoms with van der Waals surface area (Å²) in [4.78, 5) is 2.02. The van der Waals surface area contributed by atoms with E-state index in [0.29, 0.717) is 0 Å². The zero-order chi connectivity index (χ0) is 8.10. The first-order valence-corrected chi connectivity index (χ1v) is 4.56. The molecule has 55 valence electrons. The SMILES string of the molecule is COc1ccc(C=[CH][Ge])cc1. The zero-order valence-electron chi connectivity index (χ0n) is 6.37. The summed E-state index contributed by atoms with van der Waals surface area (Å²) in [7, 11) is 1.67. The van der Waals surface area contributed by atoms with Crippen molar-refractivity contribution in [2.24, 2.45) is 0 Å². The predicted octanol–water partition coefficient (Wildman–Crippen LogP) is 1.83. The Hall–Kier alpha value is -0.697. The number of benzene rings is 1. The van der Waals surface area contributed by atoms with Gasteiger partial charge in [0.05, 0.1) is 0 Å². The van der Waals surface area contributed by atoms with E-state index in [1.165, 1.54) is 5.56 Å². The van der Waals surface area contributed by atoms with Gasteiger partial charge in [0.15, 0.2) is 0 Å². The molecular formula is C9H9GeO. The van der Waals surface area contributed by atoms with Crippen molar-refractivity contribution < 1.29 is 4.74 Å². The molecule has 1 nitrogen and oxygen atoms in total. The van der Waals surface area contributed by atoms with Crippen molar-refractivity contribution in [3.63, 3.8) is 0 Å². The molecule has 1 rings (SSSR count). The molecule has 0 aliphatic rings. The van der Waals surface area contributed by atoms with E-state index in [-0.39, 0.29) is 0 Å². The summed E-state index contributed by atoms with van der Waals surface area (Å²) in [6.45, 7) is 0. The van der Waals surface area contributed by atoms with E-state index in [1.807, 2.05) is 45.7 Å². The van der Waals surface area contributed by atoms with E-state index in [2.05, 4.69) is 6.08 Å². The van der Waals surface area contributed by atoms with Crippen molar-refractivity contribution in [1.82, 2.24) is 0 Å². The van der Waals surface area contributed by atoms with E-state index in [1.54, 1.807) is 7.11 Å². The van der Waals surface area contributed by atoms with Crippen molar-refractivity contribution in [2.75, 3.05) is 7.11 Å². The molecule has 0 saturated heterocycles. The van der Waals surface area contributed by atoms with Crippen LogP contribution in [0.1, 0.15) is 5.56 Å². The van der Waals surface area contributed by atoms with E-state index >= 15 is 0 Å². The van der Waals surface area contributed by atoms with Gasteiger partial charge >= 0.3 is 74.9 Å². The summed E-state index contributed by atoms with van der Waals surface area (Å²) >= 11 is 2.00. The minimum absolute atomic E-state index is 0.901. The molecule has 3 radical (unpaired) electrons. The Labute approximate surface area is 75.3 Å². The summed E-state index contributed by atoms with van der Waals surface area (Å²) < 4.78 is 5.02. The Morgan fingerprint density at radius 1 is 1.27 bits per heavy atom. The van der Waals surface area contributed by atoms with Crippen LogP contribution >= 0.6 is 0 Å². The summed E-state index contributed by atoms with van der Waals surface area (Å²) in [5.41, 5.74) is 1.20. The van der Waals surface area contributed by atoms with Gasteiger partial charge in [-0.3, -0.25) is 0 Å². The predicted molar refractivity (Wildman–Crippen MR) is 47.8 cm³/mol. The van der Waals surface area contributed by atoms with Crippen LogP contribution in [0.15, 0.2) is 29.2 Å². The fourth-order valence-corrected chi connectivity index (χ4v) is 1.22.